The number of carbonyl (C=O) groups excluding carboxylic acids is 1. The molecule has 1 saturated heterocycles. The summed E-state index contributed by atoms with van der Waals surface area (Å²) in [4.78, 5) is 14.3. The quantitative estimate of drug-likeness (QED) is 0.819. The third kappa shape index (κ3) is 3.21. The van der Waals surface area contributed by atoms with Crippen molar-refractivity contribution in [3.8, 4) is 0 Å². The fraction of sp³-hybridized carbons (Fsp3) is 0.929. The van der Waals surface area contributed by atoms with Crippen molar-refractivity contribution in [2.45, 2.75) is 57.9 Å². The van der Waals surface area contributed by atoms with Crippen LogP contribution >= 0.6 is 0 Å². The summed E-state index contributed by atoms with van der Waals surface area (Å²) in [5.41, 5.74) is 5.69. The summed E-state index contributed by atoms with van der Waals surface area (Å²) in [6.45, 7) is 3.98. The summed E-state index contributed by atoms with van der Waals surface area (Å²) in [5, 5.41) is 0. The maximum absolute atomic E-state index is 12.2. The van der Waals surface area contributed by atoms with Gasteiger partial charge in [-0.15, -0.1) is 0 Å². The molecule has 2 rings (SSSR count). The maximum Gasteiger partial charge on any atom is 0.223 e. The van der Waals surface area contributed by atoms with Gasteiger partial charge in [0.2, 0.25) is 5.91 Å². The molecule has 1 atom stereocenters. The lowest BCUT2D eigenvalue weighted by atomic mass is 9.80. The Hall–Kier alpha value is -0.570. The second-order valence-electron chi connectivity index (χ2n) is 5.90. The molecule has 2 N–H and O–H groups in total. The Morgan fingerprint density at radius 2 is 1.82 bits per heavy atom. The Morgan fingerprint density at radius 3 is 2.35 bits per heavy atom. The van der Waals surface area contributed by atoms with E-state index in [4.69, 9.17) is 5.73 Å². The topological polar surface area (TPSA) is 46.3 Å². The number of nitrogens with zero attached hydrogens (tertiary/aromatic N) is 1. The van der Waals surface area contributed by atoms with Crippen molar-refractivity contribution in [1.82, 2.24) is 4.90 Å². The summed E-state index contributed by atoms with van der Waals surface area (Å²) in [6, 6.07) is 0.475. The molecule has 1 aliphatic heterocycles. The van der Waals surface area contributed by atoms with Crippen molar-refractivity contribution >= 4 is 5.91 Å². The number of carbonyl (C=O) groups is 1. The molecule has 1 aliphatic carbocycles. The molecular formula is C14H26N2O. The normalized spacial score (nSPS) is 34.0. The van der Waals surface area contributed by atoms with Gasteiger partial charge in [0.1, 0.15) is 0 Å². The number of hydrogen-bond donors (Lipinski definition) is 1. The van der Waals surface area contributed by atoms with Gasteiger partial charge in [-0.1, -0.05) is 0 Å². The highest BCUT2D eigenvalue weighted by molar-refractivity contribution is 5.77. The van der Waals surface area contributed by atoms with E-state index >= 15 is 0 Å². The fourth-order valence-corrected chi connectivity index (χ4v) is 3.34. The van der Waals surface area contributed by atoms with Crippen molar-refractivity contribution in [2.75, 3.05) is 13.1 Å². The third-order valence-corrected chi connectivity index (χ3v) is 4.64. The van der Waals surface area contributed by atoms with Crippen molar-refractivity contribution in [1.29, 1.82) is 0 Å². The van der Waals surface area contributed by atoms with E-state index in [1.807, 2.05) is 0 Å². The van der Waals surface area contributed by atoms with Crippen LogP contribution in [0.4, 0.5) is 0 Å². The predicted octanol–water partition coefficient (Wildman–Crippen LogP) is 2.15. The second-order valence-corrected chi connectivity index (χ2v) is 5.90. The Kier molecular flexibility index (Phi) is 4.43. The van der Waals surface area contributed by atoms with Gasteiger partial charge in [0.05, 0.1) is 0 Å². The van der Waals surface area contributed by atoms with Crippen LogP contribution in [0.2, 0.25) is 0 Å². The van der Waals surface area contributed by atoms with Gasteiger partial charge in [-0.05, 0) is 63.8 Å². The molecule has 3 nitrogen and oxygen atoms in total. The first-order valence-electron chi connectivity index (χ1n) is 7.20. The molecule has 1 unspecified atom stereocenters. The van der Waals surface area contributed by atoms with Gasteiger partial charge < -0.3 is 10.6 Å². The summed E-state index contributed by atoms with van der Waals surface area (Å²) >= 11 is 0. The Bertz CT molecular complexity index is 259. The minimum Gasteiger partial charge on any atom is -0.340 e. The fourth-order valence-electron chi connectivity index (χ4n) is 3.34. The van der Waals surface area contributed by atoms with E-state index in [1.165, 1.54) is 38.5 Å². The molecule has 0 spiro atoms. The van der Waals surface area contributed by atoms with Crippen molar-refractivity contribution < 1.29 is 4.79 Å². The third-order valence-electron chi connectivity index (χ3n) is 4.64. The highest BCUT2D eigenvalue weighted by Crippen LogP contribution is 2.31. The summed E-state index contributed by atoms with van der Waals surface area (Å²) in [7, 11) is 0. The van der Waals surface area contributed by atoms with E-state index in [1.54, 1.807) is 0 Å². The van der Waals surface area contributed by atoms with E-state index in [0.717, 1.165) is 19.5 Å². The summed E-state index contributed by atoms with van der Waals surface area (Å²) in [6.07, 6.45) is 8.01. The average Bonchev–Trinajstić information content (AvgIpc) is 2.76. The molecule has 2 aliphatic rings. The van der Waals surface area contributed by atoms with Gasteiger partial charge in [-0.2, -0.15) is 0 Å². The lowest BCUT2D eigenvalue weighted by Gasteiger charge is -2.29. The SMILES string of the molecule is CC1CCCN1C(=O)CC1CCC(CN)CC1. The van der Waals surface area contributed by atoms with Crippen LogP contribution in [-0.2, 0) is 4.79 Å². The molecule has 17 heavy (non-hydrogen) atoms. The standard InChI is InChI=1S/C14H26N2O/c1-11-3-2-8-16(11)14(17)9-12-4-6-13(10-15)7-5-12/h11-13H,2-10,15H2,1H3. The molecule has 1 saturated carbocycles. The molecule has 0 bridgehead atoms. The van der Waals surface area contributed by atoms with Crippen molar-refractivity contribution in [3.05, 3.63) is 0 Å². The van der Waals surface area contributed by atoms with E-state index in [-0.39, 0.29) is 0 Å². The molecule has 0 radical (unpaired) electrons. The zero-order valence-electron chi connectivity index (χ0n) is 11.0. The Morgan fingerprint density at radius 1 is 1.18 bits per heavy atom. The van der Waals surface area contributed by atoms with Crippen LogP contribution in [0.1, 0.15) is 51.9 Å². The van der Waals surface area contributed by atoms with Crippen LogP contribution in [0.15, 0.2) is 0 Å². The van der Waals surface area contributed by atoms with Crippen LogP contribution < -0.4 is 5.73 Å². The molecule has 2 fully saturated rings. The van der Waals surface area contributed by atoms with Crippen LogP contribution in [-0.4, -0.2) is 29.9 Å². The Balaban J connectivity index is 1.76. The molecule has 1 heterocycles. The largest absolute Gasteiger partial charge is 0.340 e. The lowest BCUT2D eigenvalue weighted by molar-refractivity contribution is -0.133. The molecule has 0 aromatic heterocycles. The number of amides is 1. The van der Waals surface area contributed by atoms with E-state index in [2.05, 4.69) is 11.8 Å². The highest BCUT2D eigenvalue weighted by atomic mass is 16.2. The number of hydrogen-bond acceptors (Lipinski definition) is 2. The van der Waals surface area contributed by atoms with Crippen molar-refractivity contribution in [3.63, 3.8) is 0 Å². The average molecular weight is 238 g/mol. The monoisotopic (exact) mass is 238 g/mol. The summed E-state index contributed by atoms with van der Waals surface area (Å²) < 4.78 is 0. The second kappa shape index (κ2) is 5.85. The zero-order valence-corrected chi connectivity index (χ0v) is 11.0. The minimum atomic E-state index is 0.395. The van der Waals surface area contributed by atoms with Crippen molar-refractivity contribution in [2.24, 2.45) is 17.6 Å². The van der Waals surface area contributed by atoms with Gasteiger partial charge in [0.15, 0.2) is 0 Å². The molecule has 98 valence electrons. The molecule has 3 heteroatoms. The Labute approximate surface area is 105 Å². The van der Waals surface area contributed by atoms with Gasteiger partial charge in [-0.3, -0.25) is 4.79 Å². The first kappa shape index (κ1) is 12.9. The summed E-state index contributed by atoms with van der Waals surface area (Å²) in [5.74, 6) is 1.73. The van der Waals surface area contributed by atoms with Gasteiger partial charge in [-0.25, -0.2) is 0 Å². The smallest absolute Gasteiger partial charge is 0.223 e. The lowest BCUT2D eigenvalue weighted by Crippen LogP contribution is -2.35. The predicted molar refractivity (Wildman–Crippen MR) is 69.5 cm³/mol. The number of rotatable bonds is 3. The maximum atomic E-state index is 12.2. The van der Waals surface area contributed by atoms with Gasteiger partial charge in [0.25, 0.3) is 0 Å². The van der Waals surface area contributed by atoms with E-state index in [0.29, 0.717) is 23.8 Å². The molecular weight excluding hydrogens is 212 g/mol. The molecule has 0 aromatic carbocycles. The first-order chi connectivity index (χ1) is 8.20. The number of nitrogens with two attached hydrogens (primary N) is 1. The van der Waals surface area contributed by atoms with Crippen LogP contribution in [0.25, 0.3) is 0 Å². The van der Waals surface area contributed by atoms with Gasteiger partial charge >= 0.3 is 0 Å². The van der Waals surface area contributed by atoms with Crippen LogP contribution in [0, 0.1) is 11.8 Å². The zero-order chi connectivity index (χ0) is 12.3. The van der Waals surface area contributed by atoms with Gasteiger partial charge in [0, 0.05) is 19.0 Å². The highest BCUT2D eigenvalue weighted by Gasteiger charge is 2.28. The van der Waals surface area contributed by atoms with Crippen LogP contribution in [0.3, 0.4) is 0 Å². The molecule has 0 aromatic rings. The molecule has 1 amide bonds. The number of likely N-dealkylation sites (tertiary alicyclic amines) is 1. The van der Waals surface area contributed by atoms with E-state index in [9.17, 15) is 4.79 Å². The first-order valence-corrected chi connectivity index (χ1v) is 7.20. The van der Waals surface area contributed by atoms with Crippen LogP contribution in [0.5, 0.6) is 0 Å². The van der Waals surface area contributed by atoms with E-state index < -0.39 is 0 Å². The minimum absolute atomic E-state index is 0.395.